The number of fused-ring (bicyclic) bond motifs is 3. The first-order valence-corrected chi connectivity index (χ1v) is 10.1. The number of nitrogens with zero attached hydrogens (tertiary/aromatic N) is 4. The molecule has 1 N–H and O–H groups in total. The summed E-state index contributed by atoms with van der Waals surface area (Å²) in [5, 5.41) is 7.85. The molecule has 4 heterocycles. The summed E-state index contributed by atoms with van der Waals surface area (Å²) in [5.74, 6) is 0.225. The number of para-hydroxylation sites is 1. The highest BCUT2D eigenvalue weighted by atomic mass is 32.1. The Morgan fingerprint density at radius 1 is 1.28 bits per heavy atom. The van der Waals surface area contributed by atoms with Crippen molar-refractivity contribution in [2.24, 2.45) is 0 Å². The molecule has 0 bridgehead atoms. The molecule has 10 heteroatoms. The van der Waals surface area contributed by atoms with Gasteiger partial charge in [0.25, 0.3) is 11.5 Å². The van der Waals surface area contributed by atoms with E-state index in [0.717, 1.165) is 9.91 Å². The lowest BCUT2D eigenvalue weighted by atomic mass is 9.84. The first-order valence-electron chi connectivity index (χ1n) is 9.27. The minimum absolute atomic E-state index is 0.0828. The van der Waals surface area contributed by atoms with E-state index in [1.54, 1.807) is 12.1 Å². The number of aromatic nitrogens is 3. The van der Waals surface area contributed by atoms with Crippen molar-refractivity contribution in [3.8, 4) is 5.75 Å². The molecule has 0 aliphatic carbocycles. The monoisotopic (exact) mass is 411 g/mol. The molecule has 0 radical (unpaired) electrons. The molecular weight excluding hydrogens is 394 g/mol. The molecule has 3 amide bonds. The van der Waals surface area contributed by atoms with Crippen molar-refractivity contribution in [2.75, 3.05) is 6.61 Å². The highest BCUT2D eigenvalue weighted by Crippen LogP contribution is 2.41. The fourth-order valence-electron chi connectivity index (χ4n) is 3.80. The zero-order valence-corrected chi connectivity index (χ0v) is 16.4. The molecule has 3 aromatic rings. The Bertz CT molecular complexity index is 1220. The zero-order valence-electron chi connectivity index (χ0n) is 15.5. The Balaban J connectivity index is 1.51. The second-order valence-electron chi connectivity index (χ2n) is 6.95. The van der Waals surface area contributed by atoms with E-state index in [1.165, 1.54) is 21.9 Å². The average Bonchev–Trinajstić information content (AvgIpc) is 3.24. The molecule has 5 rings (SSSR count). The molecule has 1 aromatic carbocycles. The van der Waals surface area contributed by atoms with Gasteiger partial charge in [-0.1, -0.05) is 36.5 Å². The van der Waals surface area contributed by atoms with Gasteiger partial charge < -0.3 is 10.1 Å². The normalized spacial score (nSPS) is 20.8. The maximum atomic E-state index is 13.3. The number of ether oxygens (including phenoxy) is 1. The third-order valence-corrected chi connectivity index (χ3v) is 6.27. The molecule has 2 aliphatic heterocycles. The maximum absolute atomic E-state index is 13.3. The smallest absolute Gasteiger partial charge is 0.325 e. The highest BCUT2D eigenvalue weighted by molar-refractivity contribution is 7.16. The predicted molar refractivity (Wildman–Crippen MR) is 104 cm³/mol. The number of amides is 3. The number of carbonyl (C=O) groups is 2. The van der Waals surface area contributed by atoms with Crippen LogP contribution in [0.2, 0.25) is 0 Å². The van der Waals surface area contributed by atoms with Crippen LogP contribution in [0, 0.1) is 0 Å². The molecule has 2 aromatic heterocycles. The van der Waals surface area contributed by atoms with E-state index in [9.17, 15) is 14.4 Å². The van der Waals surface area contributed by atoms with Gasteiger partial charge in [-0.15, -0.1) is 0 Å². The van der Waals surface area contributed by atoms with Gasteiger partial charge in [0.1, 0.15) is 10.8 Å². The number of carbonyl (C=O) groups excluding carboxylic acids is 2. The minimum atomic E-state index is -1.15. The number of urea groups is 1. The van der Waals surface area contributed by atoms with Crippen LogP contribution in [-0.2, 0) is 23.3 Å². The van der Waals surface area contributed by atoms with Gasteiger partial charge >= 0.3 is 6.03 Å². The molecule has 0 saturated carbocycles. The van der Waals surface area contributed by atoms with Gasteiger partial charge in [-0.3, -0.25) is 14.5 Å². The largest absolute Gasteiger partial charge is 0.493 e. The Labute approximate surface area is 168 Å². The summed E-state index contributed by atoms with van der Waals surface area (Å²) in [4.78, 5) is 44.4. The summed E-state index contributed by atoms with van der Waals surface area (Å²) in [6.07, 6.45) is 1.04. The molecule has 1 saturated heterocycles. The fraction of sp³-hybridized carbons (Fsp3) is 0.316. The van der Waals surface area contributed by atoms with Crippen LogP contribution >= 0.6 is 11.3 Å². The Kier molecular flexibility index (Phi) is 3.91. The van der Waals surface area contributed by atoms with Crippen molar-refractivity contribution in [1.82, 2.24) is 24.8 Å². The summed E-state index contributed by atoms with van der Waals surface area (Å²) in [5.41, 5.74) is -0.489. The van der Waals surface area contributed by atoms with Crippen molar-refractivity contribution in [1.29, 1.82) is 0 Å². The Morgan fingerprint density at radius 3 is 2.93 bits per heavy atom. The van der Waals surface area contributed by atoms with Crippen LogP contribution in [0.15, 0.2) is 35.1 Å². The van der Waals surface area contributed by atoms with Gasteiger partial charge in [-0.05, 0) is 12.5 Å². The molecule has 1 atom stereocenters. The van der Waals surface area contributed by atoms with E-state index in [4.69, 9.17) is 4.74 Å². The van der Waals surface area contributed by atoms with Crippen molar-refractivity contribution in [3.63, 3.8) is 0 Å². The number of aryl methyl sites for hydroxylation is 1. The summed E-state index contributed by atoms with van der Waals surface area (Å²) in [6.45, 7) is 2.19. The lowest BCUT2D eigenvalue weighted by Crippen LogP contribution is -2.47. The number of rotatable bonds is 3. The number of hydrogen-bond donors (Lipinski definition) is 1. The van der Waals surface area contributed by atoms with Crippen LogP contribution in [0.25, 0.3) is 4.96 Å². The summed E-state index contributed by atoms with van der Waals surface area (Å²) in [6, 6.07) is 8.01. The molecule has 1 spiro atoms. The van der Waals surface area contributed by atoms with Gasteiger partial charge in [0, 0.05) is 18.1 Å². The van der Waals surface area contributed by atoms with E-state index < -0.39 is 11.6 Å². The first kappa shape index (κ1) is 17.8. The number of hydrogen-bond acceptors (Lipinski definition) is 7. The second kappa shape index (κ2) is 6.38. The standard InChI is InChI=1S/C19H17N5O4S/c1-2-14-22-24-15(25)9-11(20-18(24)29-14)10-23-16(26)19(21-17(23)27)7-8-28-13-6-4-3-5-12(13)19/h3-6,9H,2,7-8,10H2,1H3,(H,21,27)/t19-/m1/s1. The second-order valence-corrected chi connectivity index (χ2v) is 7.99. The molecular formula is C19H17N5O4S. The summed E-state index contributed by atoms with van der Waals surface area (Å²) < 4.78 is 6.89. The van der Waals surface area contributed by atoms with Crippen molar-refractivity contribution < 1.29 is 14.3 Å². The Hall–Kier alpha value is -3.27. The molecule has 29 heavy (non-hydrogen) atoms. The van der Waals surface area contributed by atoms with Gasteiger partial charge in [0.15, 0.2) is 5.54 Å². The molecule has 2 aliphatic rings. The minimum Gasteiger partial charge on any atom is -0.493 e. The number of imide groups is 1. The van der Waals surface area contributed by atoms with Crippen molar-refractivity contribution in [2.45, 2.75) is 31.8 Å². The van der Waals surface area contributed by atoms with Crippen LogP contribution in [0.5, 0.6) is 5.75 Å². The van der Waals surface area contributed by atoms with Gasteiger partial charge in [-0.2, -0.15) is 9.61 Å². The summed E-state index contributed by atoms with van der Waals surface area (Å²) >= 11 is 1.32. The molecule has 148 valence electrons. The van der Waals surface area contributed by atoms with Crippen LogP contribution in [0.4, 0.5) is 4.79 Å². The lowest BCUT2D eigenvalue weighted by molar-refractivity contribution is -0.133. The van der Waals surface area contributed by atoms with Crippen LogP contribution < -0.4 is 15.6 Å². The average molecular weight is 411 g/mol. The van der Waals surface area contributed by atoms with E-state index in [0.29, 0.717) is 41.4 Å². The number of benzene rings is 1. The van der Waals surface area contributed by atoms with E-state index >= 15 is 0 Å². The third kappa shape index (κ3) is 2.63. The van der Waals surface area contributed by atoms with E-state index in [-0.39, 0.29) is 18.0 Å². The third-order valence-electron chi connectivity index (χ3n) is 5.22. The zero-order chi connectivity index (χ0) is 20.2. The van der Waals surface area contributed by atoms with Crippen molar-refractivity contribution >= 4 is 28.2 Å². The van der Waals surface area contributed by atoms with Gasteiger partial charge in [0.05, 0.1) is 18.8 Å². The number of nitrogens with one attached hydrogen (secondary N) is 1. The molecule has 1 fully saturated rings. The summed E-state index contributed by atoms with van der Waals surface area (Å²) in [7, 11) is 0. The van der Waals surface area contributed by atoms with Crippen LogP contribution in [-0.4, -0.2) is 38.0 Å². The predicted octanol–water partition coefficient (Wildman–Crippen LogP) is 1.44. The van der Waals surface area contributed by atoms with Crippen LogP contribution in [0.1, 0.15) is 29.6 Å². The fourth-order valence-corrected chi connectivity index (χ4v) is 4.65. The maximum Gasteiger partial charge on any atom is 0.325 e. The van der Waals surface area contributed by atoms with Crippen LogP contribution in [0.3, 0.4) is 0 Å². The van der Waals surface area contributed by atoms with Gasteiger partial charge in [0.2, 0.25) is 4.96 Å². The topological polar surface area (TPSA) is 106 Å². The SMILES string of the molecule is CCc1nn2c(=O)cc(CN3C(=O)N[C@@]4(CCOc5ccccc54)C3=O)nc2s1. The molecule has 9 nitrogen and oxygen atoms in total. The highest BCUT2D eigenvalue weighted by Gasteiger charge is 2.54. The Morgan fingerprint density at radius 2 is 2.10 bits per heavy atom. The van der Waals surface area contributed by atoms with E-state index in [2.05, 4.69) is 15.4 Å². The van der Waals surface area contributed by atoms with Crippen molar-refractivity contribution in [3.05, 3.63) is 57.0 Å². The molecule has 0 unspecified atom stereocenters. The quantitative estimate of drug-likeness (QED) is 0.654. The lowest BCUT2D eigenvalue weighted by Gasteiger charge is -2.33. The van der Waals surface area contributed by atoms with E-state index in [1.807, 2.05) is 19.1 Å². The first-order chi connectivity index (χ1) is 14.0. The van der Waals surface area contributed by atoms with Gasteiger partial charge in [-0.25, -0.2) is 9.78 Å².